The second kappa shape index (κ2) is 8.87. The molecule has 2 aromatic carbocycles. The highest BCUT2D eigenvalue weighted by atomic mass is 16.5. The molecule has 2 heterocycles. The minimum atomic E-state index is -0.442. The van der Waals surface area contributed by atoms with Gasteiger partial charge in [-0.3, -0.25) is 4.79 Å². The summed E-state index contributed by atoms with van der Waals surface area (Å²) in [5, 5.41) is 6.97. The van der Waals surface area contributed by atoms with Crippen molar-refractivity contribution in [1.29, 1.82) is 0 Å². The van der Waals surface area contributed by atoms with E-state index < -0.39 is 6.04 Å². The number of ether oxygens (including phenoxy) is 1. The Morgan fingerprint density at radius 2 is 1.68 bits per heavy atom. The van der Waals surface area contributed by atoms with Gasteiger partial charge in [0.25, 0.3) is 5.91 Å². The number of carbonyl (C=O) groups excluding carboxylic acids is 1. The molecule has 1 amide bonds. The van der Waals surface area contributed by atoms with E-state index in [0.29, 0.717) is 17.5 Å². The summed E-state index contributed by atoms with van der Waals surface area (Å²) in [7, 11) is 0. The van der Waals surface area contributed by atoms with Crippen LogP contribution in [0.4, 0.5) is 0 Å². The molecule has 0 aliphatic carbocycles. The van der Waals surface area contributed by atoms with Gasteiger partial charge in [0.1, 0.15) is 17.5 Å². The van der Waals surface area contributed by atoms with E-state index in [2.05, 4.69) is 15.5 Å². The largest absolute Gasteiger partial charge is 0.459 e. The number of rotatable bonds is 7. The zero-order chi connectivity index (χ0) is 21.8. The van der Waals surface area contributed by atoms with Crippen molar-refractivity contribution < 1.29 is 18.5 Å². The molecule has 1 atom stereocenters. The zero-order valence-corrected chi connectivity index (χ0v) is 17.5. The lowest BCUT2D eigenvalue weighted by atomic mass is 10.0. The average molecular weight is 417 g/mol. The highest BCUT2D eigenvalue weighted by molar-refractivity contribution is 5.91. The highest BCUT2D eigenvalue weighted by Gasteiger charge is 2.26. The van der Waals surface area contributed by atoms with Crippen LogP contribution in [0.25, 0.3) is 11.4 Å². The first-order valence-electron chi connectivity index (χ1n) is 10.0. The molecule has 0 saturated carbocycles. The smallest absolute Gasteiger partial charge is 0.287 e. The molecule has 1 N–H and O–H groups in total. The van der Waals surface area contributed by atoms with Gasteiger partial charge in [-0.2, -0.15) is 4.98 Å². The summed E-state index contributed by atoms with van der Waals surface area (Å²) in [6.07, 6.45) is 1.45. The maximum absolute atomic E-state index is 12.4. The molecule has 158 valence electrons. The summed E-state index contributed by atoms with van der Waals surface area (Å²) < 4.78 is 16.5. The van der Waals surface area contributed by atoms with Crippen molar-refractivity contribution in [2.45, 2.75) is 26.8 Å². The van der Waals surface area contributed by atoms with Crippen LogP contribution in [0.1, 0.15) is 41.9 Å². The normalized spacial score (nSPS) is 12.0. The molecule has 0 radical (unpaired) electrons. The molecule has 0 aliphatic heterocycles. The Bertz CT molecular complexity index is 1130. The summed E-state index contributed by atoms with van der Waals surface area (Å²) in [5.41, 5.74) is 1.96. The standard InChI is InChI=1S/C24H23N3O4/c1-15(2)21(25-23(28)20-5-4-14-29-20)24-26-22(27-31-24)17-8-12-19(13-9-17)30-18-10-6-16(3)7-11-18/h4-15,21H,1-3H3,(H,25,28)/t21-/m0/s1. The van der Waals surface area contributed by atoms with E-state index in [0.717, 1.165) is 11.3 Å². The Morgan fingerprint density at radius 1 is 1.00 bits per heavy atom. The number of furan rings is 1. The Morgan fingerprint density at radius 3 is 2.29 bits per heavy atom. The first-order valence-corrected chi connectivity index (χ1v) is 10.0. The van der Waals surface area contributed by atoms with Gasteiger partial charge in [-0.15, -0.1) is 0 Å². The topological polar surface area (TPSA) is 90.4 Å². The molecule has 0 bridgehead atoms. The van der Waals surface area contributed by atoms with Gasteiger partial charge < -0.3 is 19.0 Å². The molecular formula is C24H23N3O4. The fraction of sp³-hybridized carbons (Fsp3) is 0.208. The van der Waals surface area contributed by atoms with E-state index in [9.17, 15) is 4.79 Å². The van der Waals surface area contributed by atoms with E-state index in [4.69, 9.17) is 13.7 Å². The van der Waals surface area contributed by atoms with Crippen molar-refractivity contribution in [1.82, 2.24) is 15.5 Å². The predicted molar refractivity (Wildman–Crippen MR) is 115 cm³/mol. The molecule has 4 aromatic rings. The summed E-state index contributed by atoms with van der Waals surface area (Å²) in [6.45, 7) is 5.96. The van der Waals surface area contributed by atoms with E-state index in [1.165, 1.54) is 11.8 Å². The highest BCUT2D eigenvalue weighted by Crippen LogP contribution is 2.27. The third kappa shape index (κ3) is 4.83. The molecule has 0 saturated heterocycles. The lowest BCUT2D eigenvalue weighted by molar-refractivity contribution is 0.0885. The van der Waals surface area contributed by atoms with Gasteiger partial charge in [0.2, 0.25) is 11.7 Å². The lowest BCUT2D eigenvalue weighted by Gasteiger charge is -2.17. The van der Waals surface area contributed by atoms with E-state index in [-0.39, 0.29) is 17.6 Å². The van der Waals surface area contributed by atoms with Gasteiger partial charge >= 0.3 is 0 Å². The van der Waals surface area contributed by atoms with Crippen LogP contribution in [-0.4, -0.2) is 16.0 Å². The summed E-state index contributed by atoms with van der Waals surface area (Å²) in [4.78, 5) is 16.9. The van der Waals surface area contributed by atoms with Gasteiger partial charge in [0.15, 0.2) is 5.76 Å². The van der Waals surface area contributed by atoms with E-state index in [1.54, 1.807) is 12.1 Å². The molecule has 31 heavy (non-hydrogen) atoms. The molecule has 0 fully saturated rings. The van der Waals surface area contributed by atoms with Crippen LogP contribution >= 0.6 is 0 Å². The van der Waals surface area contributed by atoms with E-state index >= 15 is 0 Å². The molecule has 0 unspecified atom stereocenters. The number of hydrogen-bond donors (Lipinski definition) is 1. The molecule has 2 aromatic heterocycles. The van der Waals surface area contributed by atoms with E-state index in [1.807, 2.05) is 69.3 Å². The van der Waals surface area contributed by atoms with Crippen molar-refractivity contribution in [2.24, 2.45) is 5.92 Å². The molecule has 0 spiro atoms. The molecule has 4 rings (SSSR count). The van der Waals surface area contributed by atoms with Crippen LogP contribution in [0.2, 0.25) is 0 Å². The number of nitrogens with one attached hydrogen (secondary N) is 1. The van der Waals surface area contributed by atoms with Gasteiger partial charge in [-0.25, -0.2) is 0 Å². The summed E-state index contributed by atoms with van der Waals surface area (Å²) in [5.74, 6) is 2.20. The lowest BCUT2D eigenvalue weighted by Crippen LogP contribution is -2.31. The molecular weight excluding hydrogens is 394 g/mol. The minimum Gasteiger partial charge on any atom is -0.459 e. The monoisotopic (exact) mass is 417 g/mol. The number of hydrogen-bond acceptors (Lipinski definition) is 6. The number of aryl methyl sites for hydroxylation is 1. The maximum Gasteiger partial charge on any atom is 0.287 e. The van der Waals surface area contributed by atoms with Gasteiger partial charge in [-0.1, -0.05) is 36.7 Å². The minimum absolute atomic E-state index is 0.0393. The van der Waals surface area contributed by atoms with Gasteiger partial charge in [-0.05, 0) is 61.4 Å². The number of nitrogens with zero attached hydrogens (tertiary/aromatic N) is 2. The number of amides is 1. The molecule has 0 aliphatic rings. The van der Waals surface area contributed by atoms with Crippen molar-refractivity contribution in [2.75, 3.05) is 0 Å². The van der Waals surface area contributed by atoms with Crippen LogP contribution in [0.15, 0.2) is 75.9 Å². The first kappa shape index (κ1) is 20.4. The fourth-order valence-corrected chi connectivity index (χ4v) is 3.03. The maximum atomic E-state index is 12.4. The Balaban J connectivity index is 1.47. The zero-order valence-electron chi connectivity index (χ0n) is 17.5. The van der Waals surface area contributed by atoms with Gasteiger partial charge in [0, 0.05) is 5.56 Å². The van der Waals surface area contributed by atoms with Crippen LogP contribution in [0.3, 0.4) is 0 Å². The van der Waals surface area contributed by atoms with Crippen LogP contribution in [0.5, 0.6) is 11.5 Å². The first-order chi connectivity index (χ1) is 15.0. The SMILES string of the molecule is Cc1ccc(Oc2ccc(-c3noc([C@@H](NC(=O)c4ccco4)C(C)C)n3)cc2)cc1. The van der Waals surface area contributed by atoms with Crippen molar-refractivity contribution in [3.05, 3.63) is 84.1 Å². The molecule has 7 heteroatoms. The average Bonchev–Trinajstić information content (AvgIpc) is 3.46. The third-order valence-corrected chi connectivity index (χ3v) is 4.78. The Labute approximate surface area is 180 Å². The second-order valence-electron chi connectivity index (χ2n) is 7.57. The van der Waals surface area contributed by atoms with Crippen LogP contribution in [-0.2, 0) is 0 Å². The predicted octanol–water partition coefficient (Wildman–Crippen LogP) is 5.56. The van der Waals surface area contributed by atoms with Crippen LogP contribution in [0, 0.1) is 12.8 Å². The quantitative estimate of drug-likeness (QED) is 0.423. The second-order valence-corrected chi connectivity index (χ2v) is 7.57. The van der Waals surface area contributed by atoms with Crippen molar-refractivity contribution in [3.63, 3.8) is 0 Å². The Kier molecular flexibility index (Phi) is 5.84. The number of benzene rings is 2. The van der Waals surface area contributed by atoms with Crippen molar-refractivity contribution in [3.8, 4) is 22.9 Å². The number of carbonyl (C=O) groups is 1. The van der Waals surface area contributed by atoms with Crippen molar-refractivity contribution >= 4 is 5.91 Å². The number of aromatic nitrogens is 2. The fourth-order valence-electron chi connectivity index (χ4n) is 3.03. The molecule has 7 nitrogen and oxygen atoms in total. The Hall–Kier alpha value is -3.87. The van der Waals surface area contributed by atoms with Gasteiger partial charge in [0.05, 0.1) is 6.26 Å². The summed E-state index contributed by atoms with van der Waals surface area (Å²) in [6, 6.07) is 18.1. The van der Waals surface area contributed by atoms with Crippen LogP contribution < -0.4 is 10.1 Å². The third-order valence-electron chi connectivity index (χ3n) is 4.78. The summed E-state index contributed by atoms with van der Waals surface area (Å²) >= 11 is 0.